The summed E-state index contributed by atoms with van der Waals surface area (Å²) < 4.78 is 0.746. The Morgan fingerprint density at radius 3 is 1.67 bits per heavy atom. The molecular formula is C22H44NO+. The first-order valence-electron chi connectivity index (χ1n) is 10.4. The highest BCUT2D eigenvalue weighted by Crippen LogP contribution is 2.29. The molecule has 0 saturated heterocycles. The van der Waals surface area contributed by atoms with Gasteiger partial charge in [0.1, 0.15) is 0 Å². The fourth-order valence-corrected chi connectivity index (χ4v) is 3.43. The zero-order valence-electron chi connectivity index (χ0n) is 17.3. The van der Waals surface area contributed by atoms with E-state index in [1.807, 2.05) is 0 Å². The molecule has 2 nitrogen and oxygen atoms in total. The molecule has 24 heavy (non-hydrogen) atoms. The molecule has 0 heterocycles. The molecule has 1 unspecified atom stereocenters. The molecule has 0 spiro atoms. The Labute approximate surface area is 152 Å². The predicted molar refractivity (Wildman–Crippen MR) is 107 cm³/mol. The van der Waals surface area contributed by atoms with Crippen LogP contribution in [0.2, 0.25) is 0 Å². The summed E-state index contributed by atoms with van der Waals surface area (Å²) in [5.41, 5.74) is -0.324. The number of quaternary nitrogens is 1. The van der Waals surface area contributed by atoms with E-state index in [-0.39, 0.29) is 11.3 Å². The van der Waals surface area contributed by atoms with E-state index in [1.54, 1.807) is 0 Å². The number of nitrogens with zero attached hydrogens (tertiary/aromatic N) is 1. The Morgan fingerprint density at radius 2 is 1.29 bits per heavy atom. The van der Waals surface area contributed by atoms with E-state index in [1.165, 1.54) is 70.3 Å². The molecule has 0 aromatic heterocycles. The van der Waals surface area contributed by atoms with E-state index in [0.29, 0.717) is 0 Å². The van der Waals surface area contributed by atoms with Crippen molar-refractivity contribution in [1.29, 1.82) is 0 Å². The van der Waals surface area contributed by atoms with Crippen molar-refractivity contribution in [2.24, 2.45) is 0 Å². The number of hydrogen-bond donors (Lipinski definition) is 0. The van der Waals surface area contributed by atoms with Crippen LogP contribution in [0.4, 0.5) is 0 Å². The van der Waals surface area contributed by atoms with Crippen LogP contribution < -0.4 is 0 Å². The molecule has 0 amide bonds. The molecule has 0 saturated carbocycles. The third kappa shape index (κ3) is 7.96. The second-order valence-electron chi connectivity index (χ2n) is 8.13. The van der Waals surface area contributed by atoms with Gasteiger partial charge < -0.3 is 4.48 Å². The van der Waals surface area contributed by atoms with Crippen LogP contribution in [0.25, 0.3) is 0 Å². The van der Waals surface area contributed by atoms with Crippen LogP contribution in [-0.2, 0) is 4.79 Å². The smallest absolute Gasteiger partial charge is 0.214 e. The lowest BCUT2D eigenvalue weighted by atomic mass is 9.85. The van der Waals surface area contributed by atoms with Crippen molar-refractivity contribution in [3.63, 3.8) is 0 Å². The van der Waals surface area contributed by atoms with Gasteiger partial charge in [-0.2, -0.15) is 0 Å². The van der Waals surface area contributed by atoms with E-state index < -0.39 is 0 Å². The van der Waals surface area contributed by atoms with Crippen LogP contribution >= 0.6 is 0 Å². The Kier molecular flexibility index (Phi) is 12.4. The SMILES string of the molecule is C=CC(=O)C(C)(CCCCCCCCCCCCC)[N+](C)(C)CC. The Hall–Kier alpha value is -0.630. The van der Waals surface area contributed by atoms with E-state index in [0.717, 1.165) is 23.9 Å². The van der Waals surface area contributed by atoms with Crippen molar-refractivity contribution in [1.82, 2.24) is 0 Å². The minimum Gasteiger partial charge on any atom is -0.318 e. The van der Waals surface area contributed by atoms with E-state index in [9.17, 15) is 4.79 Å². The third-order valence-electron chi connectivity index (χ3n) is 6.11. The normalized spacial score (nSPS) is 14.4. The van der Waals surface area contributed by atoms with Crippen LogP contribution in [-0.4, -0.2) is 36.4 Å². The zero-order chi connectivity index (χ0) is 18.5. The van der Waals surface area contributed by atoms with E-state index >= 15 is 0 Å². The van der Waals surface area contributed by atoms with Crippen LogP contribution in [0.5, 0.6) is 0 Å². The molecule has 0 bridgehead atoms. The Balaban J connectivity index is 3.94. The number of carbonyl (C=O) groups excluding carboxylic acids is 1. The largest absolute Gasteiger partial charge is 0.318 e. The summed E-state index contributed by atoms with van der Waals surface area (Å²) in [6.07, 6.45) is 17.3. The van der Waals surface area contributed by atoms with Gasteiger partial charge in [-0.3, -0.25) is 4.79 Å². The molecule has 0 aromatic rings. The van der Waals surface area contributed by atoms with Gasteiger partial charge in [0.2, 0.25) is 5.78 Å². The maximum Gasteiger partial charge on any atom is 0.214 e. The summed E-state index contributed by atoms with van der Waals surface area (Å²) in [7, 11) is 4.33. The van der Waals surface area contributed by atoms with Gasteiger partial charge in [0.15, 0.2) is 5.54 Å². The quantitative estimate of drug-likeness (QED) is 0.183. The summed E-state index contributed by atoms with van der Waals surface area (Å²) in [6.45, 7) is 11.2. The third-order valence-corrected chi connectivity index (χ3v) is 6.11. The Morgan fingerprint density at radius 1 is 0.875 bits per heavy atom. The molecule has 0 rings (SSSR count). The standard InChI is InChI=1S/C22H44NO/c1-7-10-11-12-13-14-15-16-17-18-19-20-22(4,21(24)8-2)23(5,6)9-3/h8H,2,7,9-20H2,1,3-6H3/q+1. The summed E-state index contributed by atoms with van der Waals surface area (Å²) in [4.78, 5) is 12.4. The minimum absolute atomic E-state index is 0.196. The van der Waals surface area contributed by atoms with Gasteiger partial charge in [0.05, 0.1) is 20.6 Å². The molecule has 0 aliphatic heterocycles. The van der Waals surface area contributed by atoms with Gasteiger partial charge in [0.25, 0.3) is 0 Å². The highest BCUT2D eigenvalue weighted by Gasteiger charge is 2.44. The molecule has 1 atom stereocenters. The molecule has 0 N–H and O–H groups in total. The Bertz CT molecular complexity index is 348. The number of carbonyl (C=O) groups is 1. The summed E-state index contributed by atoms with van der Waals surface area (Å²) in [5.74, 6) is 0.196. The van der Waals surface area contributed by atoms with Gasteiger partial charge in [0, 0.05) is 6.42 Å². The second-order valence-corrected chi connectivity index (χ2v) is 8.13. The van der Waals surface area contributed by atoms with Crippen molar-refractivity contribution < 1.29 is 9.28 Å². The number of ketones is 1. The molecule has 2 heteroatoms. The minimum atomic E-state index is -0.324. The van der Waals surface area contributed by atoms with Crippen molar-refractivity contribution in [3.8, 4) is 0 Å². The van der Waals surface area contributed by atoms with Gasteiger partial charge in [-0.1, -0.05) is 77.7 Å². The van der Waals surface area contributed by atoms with Crippen molar-refractivity contribution >= 4 is 5.78 Å². The molecule has 142 valence electrons. The lowest BCUT2D eigenvalue weighted by Crippen LogP contribution is -2.61. The molecular weight excluding hydrogens is 294 g/mol. The average molecular weight is 339 g/mol. The zero-order valence-corrected chi connectivity index (χ0v) is 17.3. The number of unbranched alkanes of at least 4 members (excludes halogenated alkanes) is 10. The first kappa shape index (κ1) is 23.4. The average Bonchev–Trinajstić information content (AvgIpc) is 2.58. The maximum absolute atomic E-state index is 12.4. The second kappa shape index (κ2) is 12.7. The van der Waals surface area contributed by atoms with Gasteiger partial charge in [-0.15, -0.1) is 0 Å². The number of hydrogen-bond acceptors (Lipinski definition) is 1. The van der Waals surface area contributed by atoms with Gasteiger partial charge >= 0.3 is 0 Å². The lowest BCUT2D eigenvalue weighted by Gasteiger charge is -2.44. The van der Waals surface area contributed by atoms with Crippen molar-refractivity contribution in [2.45, 2.75) is 103 Å². The van der Waals surface area contributed by atoms with Gasteiger partial charge in [-0.25, -0.2) is 0 Å². The monoisotopic (exact) mass is 338 g/mol. The van der Waals surface area contributed by atoms with Gasteiger partial charge in [-0.05, 0) is 26.3 Å². The first-order valence-corrected chi connectivity index (χ1v) is 10.4. The van der Waals surface area contributed by atoms with E-state index in [2.05, 4.69) is 41.4 Å². The molecule has 0 aliphatic carbocycles. The fourth-order valence-electron chi connectivity index (χ4n) is 3.43. The molecule has 0 fully saturated rings. The van der Waals surface area contributed by atoms with Crippen LogP contribution in [0, 0.1) is 0 Å². The summed E-state index contributed by atoms with van der Waals surface area (Å²) in [6, 6.07) is 0. The summed E-state index contributed by atoms with van der Waals surface area (Å²) in [5, 5.41) is 0. The topological polar surface area (TPSA) is 17.1 Å². The molecule has 0 aromatic carbocycles. The number of rotatable bonds is 16. The highest BCUT2D eigenvalue weighted by atomic mass is 16.1. The van der Waals surface area contributed by atoms with Crippen molar-refractivity contribution in [2.75, 3.05) is 20.6 Å². The van der Waals surface area contributed by atoms with Crippen LogP contribution in [0.1, 0.15) is 97.8 Å². The molecule has 0 aliphatic rings. The van der Waals surface area contributed by atoms with Crippen LogP contribution in [0.15, 0.2) is 12.7 Å². The first-order chi connectivity index (χ1) is 11.4. The predicted octanol–water partition coefficient (Wildman–Crippen LogP) is 6.30. The lowest BCUT2D eigenvalue weighted by molar-refractivity contribution is -0.927. The van der Waals surface area contributed by atoms with Crippen molar-refractivity contribution in [3.05, 3.63) is 12.7 Å². The maximum atomic E-state index is 12.4. The highest BCUT2D eigenvalue weighted by molar-refractivity contribution is 5.96. The van der Waals surface area contributed by atoms with E-state index in [4.69, 9.17) is 0 Å². The summed E-state index contributed by atoms with van der Waals surface area (Å²) >= 11 is 0. The fraction of sp³-hybridized carbons (Fsp3) is 0.864. The molecule has 0 radical (unpaired) electrons. The number of likely N-dealkylation sites (N-methyl/N-ethyl adjacent to an activating group) is 1. The van der Waals surface area contributed by atoms with Crippen LogP contribution in [0.3, 0.4) is 0 Å².